The number of rotatable bonds is 11. The smallest absolute Gasteiger partial charge is 0.387 e. The van der Waals surface area contributed by atoms with Gasteiger partial charge in [-0.1, -0.05) is 84.0 Å². The molecule has 3 aliphatic carbocycles. The molecule has 5 heteroatoms. The van der Waals surface area contributed by atoms with Crippen LogP contribution in [0.25, 0.3) is 0 Å². The summed E-state index contributed by atoms with van der Waals surface area (Å²) in [5.74, 6) is 1.19. The highest BCUT2D eigenvalue weighted by Crippen LogP contribution is 2.49. The molecule has 36 heavy (non-hydrogen) atoms. The van der Waals surface area contributed by atoms with Gasteiger partial charge in [0.1, 0.15) is 0 Å². The molecule has 4 atom stereocenters. The molecule has 4 rings (SSSR count). The first kappa shape index (κ1) is 27.8. The summed E-state index contributed by atoms with van der Waals surface area (Å²) in [6.45, 7) is -0.952. The summed E-state index contributed by atoms with van der Waals surface area (Å²) in [6, 6.07) is 2.41. The van der Waals surface area contributed by atoms with E-state index in [0.717, 1.165) is 42.9 Å². The van der Waals surface area contributed by atoms with Crippen LogP contribution in [0.5, 0.6) is 5.75 Å². The second kappa shape index (κ2) is 13.5. The van der Waals surface area contributed by atoms with E-state index >= 15 is 0 Å². The van der Waals surface area contributed by atoms with Crippen molar-refractivity contribution in [2.45, 2.75) is 129 Å². The second-order valence-electron chi connectivity index (χ2n) is 12.2. The number of ether oxygens (including phenoxy) is 1. The zero-order valence-corrected chi connectivity index (χ0v) is 22.1. The average Bonchev–Trinajstić information content (AvgIpc) is 2.87. The Balaban J connectivity index is 1.18. The molecular formula is C31H46F4O. The van der Waals surface area contributed by atoms with Crippen LogP contribution < -0.4 is 4.74 Å². The van der Waals surface area contributed by atoms with Gasteiger partial charge in [0.05, 0.1) is 0 Å². The molecule has 0 heterocycles. The number of benzene rings is 1. The highest BCUT2D eigenvalue weighted by atomic mass is 19.3. The van der Waals surface area contributed by atoms with Gasteiger partial charge in [0.15, 0.2) is 17.4 Å². The quantitative estimate of drug-likeness (QED) is 0.212. The van der Waals surface area contributed by atoms with Crippen LogP contribution in [0.15, 0.2) is 12.1 Å². The normalized spacial score (nSPS) is 30.8. The van der Waals surface area contributed by atoms with E-state index in [1.54, 1.807) is 0 Å². The van der Waals surface area contributed by atoms with Gasteiger partial charge in [-0.3, -0.25) is 0 Å². The first-order chi connectivity index (χ1) is 17.4. The lowest BCUT2D eigenvalue weighted by atomic mass is 9.63. The third-order valence-electron chi connectivity index (χ3n) is 9.84. The number of fused-ring (bicyclic) bond motifs is 1. The first-order valence-electron chi connectivity index (χ1n) is 14.9. The maximum atomic E-state index is 14.3. The molecule has 0 spiro atoms. The Hall–Kier alpha value is -1.26. The van der Waals surface area contributed by atoms with Crippen LogP contribution in [0.2, 0.25) is 0 Å². The minimum absolute atomic E-state index is 0.101. The van der Waals surface area contributed by atoms with Crippen molar-refractivity contribution >= 4 is 0 Å². The zero-order chi connectivity index (χ0) is 25.5. The fraction of sp³-hybridized carbons (Fsp3) is 0.806. The highest BCUT2D eigenvalue weighted by molar-refractivity contribution is 5.33. The molecular weight excluding hydrogens is 464 g/mol. The minimum Gasteiger partial charge on any atom is -0.429 e. The summed E-state index contributed by atoms with van der Waals surface area (Å²) in [6.07, 6.45) is 22.3. The SMILES string of the molecule is CCCCCCC1CCC(CCC2CCC3CC(c4cc(F)c(OC(F)F)c(F)c4)CCC3C2)CC1. The maximum absolute atomic E-state index is 14.3. The van der Waals surface area contributed by atoms with Gasteiger partial charge in [-0.15, -0.1) is 0 Å². The fourth-order valence-electron chi connectivity index (χ4n) is 7.71. The van der Waals surface area contributed by atoms with E-state index in [1.807, 2.05) is 0 Å². The number of halogens is 4. The Kier molecular flexibility index (Phi) is 10.4. The Labute approximate surface area is 215 Å². The molecule has 0 saturated heterocycles. The van der Waals surface area contributed by atoms with Crippen molar-refractivity contribution < 1.29 is 22.3 Å². The number of unbranched alkanes of at least 4 members (excludes halogenated alkanes) is 3. The van der Waals surface area contributed by atoms with E-state index in [2.05, 4.69) is 11.7 Å². The van der Waals surface area contributed by atoms with Gasteiger partial charge in [0.25, 0.3) is 0 Å². The molecule has 0 aliphatic heterocycles. The van der Waals surface area contributed by atoms with E-state index < -0.39 is 24.0 Å². The van der Waals surface area contributed by atoms with E-state index in [0.29, 0.717) is 11.5 Å². The molecule has 0 amide bonds. The molecule has 3 aliphatic rings. The molecule has 3 fully saturated rings. The molecule has 4 unspecified atom stereocenters. The van der Waals surface area contributed by atoms with E-state index in [4.69, 9.17) is 0 Å². The van der Waals surface area contributed by atoms with E-state index in [1.165, 1.54) is 102 Å². The summed E-state index contributed by atoms with van der Waals surface area (Å²) < 4.78 is 57.4. The summed E-state index contributed by atoms with van der Waals surface area (Å²) in [4.78, 5) is 0. The molecule has 0 aromatic heterocycles. The summed E-state index contributed by atoms with van der Waals surface area (Å²) in [7, 11) is 0. The summed E-state index contributed by atoms with van der Waals surface area (Å²) >= 11 is 0. The third-order valence-corrected chi connectivity index (χ3v) is 9.84. The lowest BCUT2D eigenvalue weighted by Crippen LogP contribution is -2.30. The van der Waals surface area contributed by atoms with Gasteiger partial charge in [0, 0.05) is 0 Å². The molecule has 0 radical (unpaired) electrons. The number of hydrogen-bond acceptors (Lipinski definition) is 1. The molecule has 0 bridgehead atoms. The molecule has 1 aromatic carbocycles. The zero-order valence-electron chi connectivity index (χ0n) is 22.1. The predicted octanol–water partition coefficient (Wildman–Crippen LogP) is 10.4. The average molecular weight is 511 g/mol. The van der Waals surface area contributed by atoms with Crippen molar-refractivity contribution in [2.75, 3.05) is 0 Å². The molecule has 1 nitrogen and oxygen atoms in total. The lowest BCUT2D eigenvalue weighted by Gasteiger charge is -2.43. The second-order valence-corrected chi connectivity index (χ2v) is 12.2. The lowest BCUT2D eigenvalue weighted by molar-refractivity contribution is -0.0546. The third kappa shape index (κ3) is 7.63. The van der Waals surface area contributed by atoms with Gasteiger partial charge in [-0.25, -0.2) is 8.78 Å². The van der Waals surface area contributed by atoms with Crippen LogP contribution >= 0.6 is 0 Å². The van der Waals surface area contributed by atoms with Gasteiger partial charge in [-0.05, 0) is 85.3 Å². The predicted molar refractivity (Wildman–Crippen MR) is 137 cm³/mol. The monoisotopic (exact) mass is 510 g/mol. The maximum Gasteiger partial charge on any atom is 0.387 e. The van der Waals surface area contributed by atoms with E-state index in [-0.39, 0.29) is 5.92 Å². The van der Waals surface area contributed by atoms with Gasteiger partial charge < -0.3 is 4.74 Å². The van der Waals surface area contributed by atoms with Crippen molar-refractivity contribution in [3.05, 3.63) is 29.3 Å². The van der Waals surface area contributed by atoms with E-state index in [9.17, 15) is 17.6 Å². The van der Waals surface area contributed by atoms with Crippen LogP contribution in [-0.2, 0) is 0 Å². The fourth-order valence-corrected chi connectivity index (χ4v) is 7.71. The minimum atomic E-state index is -3.24. The summed E-state index contributed by atoms with van der Waals surface area (Å²) in [5, 5.41) is 0. The molecule has 1 aromatic rings. The Morgan fingerprint density at radius 2 is 1.31 bits per heavy atom. The number of hydrogen-bond donors (Lipinski definition) is 0. The van der Waals surface area contributed by atoms with Crippen molar-refractivity contribution in [1.82, 2.24) is 0 Å². The van der Waals surface area contributed by atoms with Crippen LogP contribution in [0.3, 0.4) is 0 Å². The Bertz CT molecular complexity index is 781. The van der Waals surface area contributed by atoms with Crippen LogP contribution in [0.4, 0.5) is 17.6 Å². The van der Waals surface area contributed by atoms with Crippen LogP contribution in [-0.4, -0.2) is 6.61 Å². The first-order valence-corrected chi connectivity index (χ1v) is 14.9. The van der Waals surface area contributed by atoms with Crippen molar-refractivity contribution in [1.29, 1.82) is 0 Å². The largest absolute Gasteiger partial charge is 0.429 e. The highest BCUT2D eigenvalue weighted by Gasteiger charge is 2.36. The van der Waals surface area contributed by atoms with Crippen molar-refractivity contribution in [3.8, 4) is 5.75 Å². The van der Waals surface area contributed by atoms with Gasteiger partial charge in [0.2, 0.25) is 0 Å². The Morgan fingerprint density at radius 3 is 1.97 bits per heavy atom. The standard InChI is InChI=1S/C31H46F4O/c1-2-3-4-5-6-21-7-9-22(10-8-21)11-12-23-13-14-25-18-26(16-15-24(25)17-23)27-19-28(32)30(29(33)20-27)36-31(34)35/h19-26,31H,2-18H2,1H3. The van der Waals surface area contributed by atoms with Gasteiger partial charge in [-0.2, -0.15) is 8.78 Å². The van der Waals surface area contributed by atoms with Crippen molar-refractivity contribution in [3.63, 3.8) is 0 Å². The number of alkyl halides is 2. The molecule has 204 valence electrons. The van der Waals surface area contributed by atoms with Gasteiger partial charge >= 0.3 is 6.61 Å². The van der Waals surface area contributed by atoms with Crippen LogP contribution in [0, 0.1) is 41.2 Å². The molecule has 0 N–H and O–H groups in total. The van der Waals surface area contributed by atoms with Crippen LogP contribution in [0.1, 0.15) is 128 Å². The Morgan fingerprint density at radius 1 is 0.722 bits per heavy atom. The molecule has 3 saturated carbocycles. The summed E-state index contributed by atoms with van der Waals surface area (Å²) in [5.41, 5.74) is 0.591. The topological polar surface area (TPSA) is 9.23 Å². The van der Waals surface area contributed by atoms with Crippen molar-refractivity contribution in [2.24, 2.45) is 29.6 Å².